The molecule has 0 saturated carbocycles. The normalized spacial score (nSPS) is 20.0. The van der Waals surface area contributed by atoms with Gasteiger partial charge < -0.3 is 10.6 Å². The van der Waals surface area contributed by atoms with Crippen LogP contribution in [0.5, 0.6) is 0 Å². The van der Waals surface area contributed by atoms with E-state index in [9.17, 15) is 4.79 Å². The van der Waals surface area contributed by atoms with E-state index in [-0.39, 0.29) is 11.9 Å². The molecule has 92 valence electrons. The Balaban J connectivity index is 2.04. The number of carbonyl (C=O) groups is 1. The van der Waals surface area contributed by atoms with E-state index in [0.29, 0.717) is 5.02 Å². The third-order valence-corrected chi connectivity index (χ3v) is 3.99. The molecular weight excluding hydrogens is 256 g/mol. The summed E-state index contributed by atoms with van der Waals surface area (Å²) >= 11 is 7.71. The summed E-state index contributed by atoms with van der Waals surface area (Å²) in [6, 6.07) is 5.40. The van der Waals surface area contributed by atoms with E-state index in [0.717, 1.165) is 29.3 Å². The molecule has 0 radical (unpaired) electrons. The molecule has 17 heavy (non-hydrogen) atoms. The van der Waals surface area contributed by atoms with Crippen molar-refractivity contribution in [2.24, 2.45) is 0 Å². The average molecular weight is 271 g/mol. The molecular formula is C12H15ClN2OS. The number of benzene rings is 1. The van der Waals surface area contributed by atoms with Crippen molar-refractivity contribution in [1.82, 2.24) is 5.32 Å². The first kappa shape index (κ1) is 12.7. The molecule has 1 atom stereocenters. The minimum atomic E-state index is -0.105. The van der Waals surface area contributed by atoms with Crippen molar-refractivity contribution in [3.05, 3.63) is 28.8 Å². The highest BCUT2D eigenvalue weighted by Crippen LogP contribution is 2.20. The van der Waals surface area contributed by atoms with Crippen LogP contribution < -0.4 is 10.6 Å². The molecule has 1 aromatic carbocycles. The van der Waals surface area contributed by atoms with E-state index < -0.39 is 0 Å². The Kier molecular flexibility index (Phi) is 4.31. The second-order valence-corrected chi connectivity index (χ2v) is 5.62. The molecule has 2 rings (SSSR count). The van der Waals surface area contributed by atoms with Crippen LogP contribution in [0, 0.1) is 6.92 Å². The Morgan fingerprint density at radius 2 is 2.41 bits per heavy atom. The first-order chi connectivity index (χ1) is 8.16. The highest BCUT2D eigenvalue weighted by Gasteiger charge is 2.21. The van der Waals surface area contributed by atoms with Crippen molar-refractivity contribution < 1.29 is 4.79 Å². The Labute approximate surface area is 110 Å². The van der Waals surface area contributed by atoms with Crippen LogP contribution in [0.3, 0.4) is 0 Å². The minimum absolute atomic E-state index is 0.0163. The number of halogens is 1. The van der Waals surface area contributed by atoms with Gasteiger partial charge in [0.2, 0.25) is 5.91 Å². The average Bonchev–Trinajstić information content (AvgIpc) is 2.35. The summed E-state index contributed by atoms with van der Waals surface area (Å²) in [6.45, 7) is 2.84. The maximum atomic E-state index is 12.0. The molecule has 3 nitrogen and oxygen atoms in total. The zero-order valence-electron chi connectivity index (χ0n) is 9.63. The van der Waals surface area contributed by atoms with E-state index in [1.54, 1.807) is 17.8 Å². The molecule has 1 aliphatic heterocycles. The maximum Gasteiger partial charge on any atom is 0.242 e. The molecule has 1 aliphatic rings. The largest absolute Gasteiger partial charge is 0.324 e. The Morgan fingerprint density at radius 1 is 1.59 bits per heavy atom. The van der Waals surface area contributed by atoms with E-state index >= 15 is 0 Å². The smallest absolute Gasteiger partial charge is 0.242 e. The standard InChI is InChI=1S/C12H15ClN2OS/c1-8-2-3-9(13)6-10(8)15-12(16)11-7-17-5-4-14-11/h2-3,6,11,14H,4-5,7H2,1H3,(H,15,16). The first-order valence-corrected chi connectivity index (χ1v) is 7.08. The summed E-state index contributed by atoms with van der Waals surface area (Å²) in [5, 5.41) is 6.76. The van der Waals surface area contributed by atoms with Crippen molar-refractivity contribution >= 4 is 35.0 Å². The van der Waals surface area contributed by atoms with Gasteiger partial charge in [0.15, 0.2) is 0 Å². The molecule has 2 N–H and O–H groups in total. The number of thioether (sulfide) groups is 1. The Morgan fingerprint density at radius 3 is 3.12 bits per heavy atom. The molecule has 0 aromatic heterocycles. The molecule has 1 unspecified atom stereocenters. The van der Waals surface area contributed by atoms with Crippen LogP contribution >= 0.6 is 23.4 Å². The molecule has 1 aromatic rings. The second-order valence-electron chi connectivity index (χ2n) is 4.03. The zero-order chi connectivity index (χ0) is 12.3. The number of anilines is 1. The highest BCUT2D eigenvalue weighted by atomic mass is 35.5. The van der Waals surface area contributed by atoms with Crippen LogP contribution in [0.1, 0.15) is 5.56 Å². The Bertz CT molecular complexity index is 419. The van der Waals surface area contributed by atoms with Crippen molar-refractivity contribution in [2.75, 3.05) is 23.4 Å². The van der Waals surface area contributed by atoms with E-state index in [2.05, 4.69) is 10.6 Å². The van der Waals surface area contributed by atoms with Crippen LogP contribution in [0.4, 0.5) is 5.69 Å². The zero-order valence-corrected chi connectivity index (χ0v) is 11.2. The van der Waals surface area contributed by atoms with E-state index in [1.165, 1.54) is 0 Å². The van der Waals surface area contributed by atoms with Gasteiger partial charge in [0.25, 0.3) is 0 Å². The van der Waals surface area contributed by atoms with E-state index in [4.69, 9.17) is 11.6 Å². The number of rotatable bonds is 2. The van der Waals surface area contributed by atoms with Crippen LogP contribution in [-0.4, -0.2) is 30.0 Å². The molecule has 1 heterocycles. The van der Waals surface area contributed by atoms with Gasteiger partial charge in [0.1, 0.15) is 0 Å². The van der Waals surface area contributed by atoms with Crippen molar-refractivity contribution in [2.45, 2.75) is 13.0 Å². The molecule has 1 saturated heterocycles. The summed E-state index contributed by atoms with van der Waals surface area (Å²) in [5.74, 6) is 1.91. The fraction of sp³-hybridized carbons (Fsp3) is 0.417. The fourth-order valence-corrected chi connectivity index (χ4v) is 2.79. The third kappa shape index (κ3) is 3.37. The quantitative estimate of drug-likeness (QED) is 0.866. The number of hydrogen-bond donors (Lipinski definition) is 2. The van der Waals surface area contributed by atoms with Gasteiger partial charge in [-0.3, -0.25) is 4.79 Å². The lowest BCUT2D eigenvalue weighted by Crippen LogP contribution is -2.46. The number of hydrogen-bond acceptors (Lipinski definition) is 3. The van der Waals surface area contributed by atoms with Crippen molar-refractivity contribution in [1.29, 1.82) is 0 Å². The molecule has 0 aliphatic carbocycles. The summed E-state index contributed by atoms with van der Waals surface area (Å²) < 4.78 is 0. The lowest BCUT2D eigenvalue weighted by Gasteiger charge is -2.22. The molecule has 1 amide bonds. The molecule has 0 bridgehead atoms. The number of carbonyl (C=O) groups excluding carboxylic acids is 1. The van der Waals surface area contributed by atoms with Crippen molar-refractivity contribution in [3.63, 3.8) is 0 Å². The minimum Gasteiger partial charge on any atom is -0.324 e. The summed E-state index contributed by atoms with van der Waals surface area (Å²) in [6.07, 6.45) is 0. The molecule has 1 fully saturated rings. The van der Waals surface area contributed by atoms with Gasteiger partial charge in [-0.15, -0.1) is 0 Å². The van der Waals surface area contributed by atoms with Gasteiger partial charge in [-0.2, -0.15) is 11.8 Å². The summed E-state index contributed by atoms with van der Waals surface area (Å²) in [4.78, 5) is 12.0. The van der Waals surface area contributed by atoms with Crippen LogP contribution in [0.15, 0.2) is 18.2 Å². The van der Waals surface area contributed by atoms with Gasteiger partial charge in [-0.05, 0) is 24.6 Å². The van der Waals surface area contributed by atoms with Gasteiger partial charge >= 0.3 is 0 Å². The number of amides is 1. The molecule has 5 heteroatoms. The Hall–Kier alpha value is -0.710. The summed E-state index contributed by atoms with van der Waals surface area (Å²) in [5.41, 5.74) is 1.81. The SMILES string of the molecule is Cc1ccc(Cl)cc1NC(=O)C1CSCCN1. The van der Waals surface area contributed by atoms with Crippen molar-refractivity contribution in [3.8, 4) is 0 Å². The summed E-state index contributed by atoms with van der Waals surface area (Å²) in [7, 11) is 0. The van der Waals surface area contributed by atoms with Gasteiger partial charge in [-0.25, -0.2) is 0 Å². The number of aryl methyl sites for hydroxylation is 1. The number of nitrogens with one attached hydrogen (secondary N) is 2. The lowest BCUT2D eigenvalue weighted by atomic mass is 10.2. The third-order valence-electron chi connectivity index (χ3n) is 2.70. The highest BCUT2D eigenvalue weighted by molar-refractivity contribution is 7.99. The van der Waals surface area contributed by atoms with Gasteiger partial charge in [0.05, 0.1) is 6.04 Å². The predicted octanol–water partition coefficient (Wildman–Crippen LogP) is 2.29. The molecule has 0 spiro atoms. The van der Waals surface area contributed by atoms with Crippen LogP contribution in [0.25, 0.3) is 0 Å². The van der Waals surface area contributed by atoms with E-state index in [1.807, 2.05) is 19.1 Å². The second kappa shape index (κ2) is 5.76. The topological polar surface area (TPSA) is 41.1 Å². The van der Waals surface area contributed by atoms with Crippen LogP contribution in [0.2, 0.25) is 5.02 Å². The maximum absolute atomic E-state index is 12.0. The fourth-order valence-electron chi connectivity index (χ4n) is 1.68. The van der Waals surface area contributed by atoms with Crippen LogP contribution in [-0.2, 0) is 4.79 Å². The predicted molar refractivity (Wildman–Crippen MR) is 73.9 cm³/mol. The van der Waals surface area contributed by atoms with Gasteiger partial charge in [-0.1, -0.05) is 17.7 Å². The van der Waals surface area contributed by atoms with Gasteiger partial charge in [0, 0.05) is 28.8 Å². The monoisotopic (exact) mass is 270 g/mol. The lowest BCUT2D eigenvalue weighted by molar-refractivity contribution is -0.117. The first-order valence-electron chi connectivity index (χ1n) is 5.55.